The molecule has 8 nitrogen and oxygen atoms in total. The molecule has 0 aromatic carbocycles. The fourth-order valence-corrected chi connectivity index (χ4v) is 1.68. The molecule has 0 bridgehead atoms. The van der Waals surface area contributed by atoms with Gasteiger partial charge in [0.15, 0.2) is 5.69 Å². The summed E-state index contributed by atoms with van der Waals surface area (Å²) in [6, 6.07) is 3.31. The number of carbonyl (C=O) groups excluding carboxylic acids is 1. The van der Waals surface area contributed by atoms with Gasteiger partial charge in [-0.15, -0.1) is 0 Å². The van der Waals surface area contributed by atoms with Crippen LogP contribution in [0.1, 0.15) is 21.0 Å². The molecule has 2 heterocycles. The van der Waals surface area contributed by atoms with E-state index in [1.165, 1.54) is 25.8 Å². The maximum atomic E-state index is 11.3. The summed E-state index contributed by atoms with van der Waals surface area (Å²) in [5, 5.41) is 11.9. The van der Waals surface area contributed by atoms with E-state index in [9.17, 15) is 9.59 Å². The smallest absolute Gasteiger partial charge is 0.356 e. The summed E-state index contributed by atoms with van der Waals surface area (Å²) < 4.78 is 6.26. The Kier molecular flexibility index (Phi) is 4.50. The van der Waals surface area contributed by atoms with E-state index in [-0.39, 0.29) is 11.4 Å². The first kappa shape index (κ1) is 14.5. The van der Waals surface area contributed by atoms with Crippen LogP contribution in [0.5, 0.6) is 0 Å². The van der Waals surface area contributed by atoms with Crippen LogP contribution >= 0.6 is 0 Å². The fourth-order valence-electron chi connectivity index (χ4n) is 1.68. The highest BCUT2D eigenvalue weighted by Crippen LogP contribution is 2.08. The van der Waals surface area contributed by atoms with Gasteiger partial charge in [0.05, 0.1) is 13.4 Å². The third-order valence-electron chi connectivity index (χ3n) is 2.71. The van der Waals surface area contributed by atoms with Crippen LogP contribution in [0.3, 0.4) is 0 Å². The molecule has 0 aliphatic rings. The molecule has 0 radical (unpaired) electrons. The molecule has 2 aromatic heterocycles. The van der Waals surface area contributed by atoms with Gasteiger partial charge in [0.2, 0.25) is 0 Å². The SMILES string of the molecule is COC(=O)c1cc(NCCn2cnc(C(=O)O)c2)ccn1. The molecule has 0 atom stereocenters. The molecule has 21 heavy (non-hydrogen) atoms. The molecule has 0 aliphatic heterocycles. The molecule has 0 spiro atoms. The van der Waals surface area contributed by atoms with E-state index in [1.807, 2.05) is 0 Å². The molecule has 0 unspecified atom stereocenters. The number of aromatic carboxylic acids is 1. The second-order valence-corrected chi connectivity index (χ2v) is 4.15. The number of hydrogen-bond acceptors (Lipinski definition) is 6. The predicted octanol–water partition coefficient (Wildman–Crippen LogP) is 0.875. The van der Waals surface area contributed by atoms with Crippen molar-refractivity contribution in [3.63, 3.8) is 0 Å². The van der Waals surface area contributed by atoms with Gasteiger partial charge in [-0.1, -0.05) is 0 Å². The van der Waals surface area contributed by atoms with Gasteiger partial charge < -0.3 is 19.7 Å². The number of esters is 1. The first-order valence-corrected chi connectivity index (χ1v) is 6.13. The van der Waals surface area contributed by atoms with Crippen LogP contribution in [-0.2, 0) is 11.3 Å². The van der Waals surface area contributed by atoms with Gasteiger partial charge in [-0.05, 0) is 12.1 Å². The zero-order valence-corrected chi connectivity index (χ0v) is 11.3. The molecular weight excluding hydrogens is 276 g/mol. The molecule has 110 valence electrons. The third-order valence-corrected chi connectivity index (χ3v) is 2.71. The van der Waals surface area contributed by atoms with E-state index in [2.05, 4.69) is 20.0 Å². The monoisotopic (exact) mass is 290 g/mol. The lowest BCUT2D eigenvalue weighted by Crippen LogP contribution is -2.11. The van der Waals surface area contributed by atoms with Crippen molar-refractivity contribution in [2.75, 3.05) is 19.0 Å². The van der Waals surface area contributed by atoms with Crippen LogP contribution in [0.25, 0.3) is 0 Å². The van der Waals surface area contributed by atoms with Crippen molar-refractivity contribution in [3.8, 4) is 0 Å². The molecule has 2 N–H and O–H groups in total. The summed E-state index contributed by atoms with van der Waals surface area (Å²) >= 11 is 0. The number of imidazole rings is 1. The summed E-state index contributed by atoms with van der Waals surface area (Å²) in [4.78, 5) is 29.7. The van der Waals surface area contributed by atoms with E-state index in [1.54, 1.807) is 16.7 Å². The van der Waals surface area contributed by atoms with Crippen LogP contribution in [0.4, 0.5) is 5.69 Å². The molecule has 8 heteroatoms. The van der Waals surface area contributed by atoms with Crippen molar-refractivity contribution >= 4 is 17.6 Å². The quantitative estimate of drug-likeness (QED) is 0.760. The van der Waals surface area contributed by atoms with Crippen LogP contribution in [0.2, 0.25) is 0 Å². The number of aromatic nitrogens is 3. The Bertz CT molecular complexity index is 653. The van der Waals surface area contributed by atoms with Gasteiger partial charge in [0.25, 0.3) is 0 Å². The Labute approximate surface area is 120 Å². The van der Waals surface area contributed by atoms with Crippen molar-refractivity contribution in [1.82, 2.24) is 14.5 Å². The average Bonchev–Trinajstić information content (AvgIpc) is 2.96. The molecular formula is C13H14N4O4. The van der Waals surface area contributed by atoms with E-state index in [0.29, 0.717) is 13.1 Å². The normalized spacial score (nSPS) is 10.1. The van der Waals surface area contributed by atoms with Gasteiger partial charge in [-0.25, -0.2) is 19.6 Å². The second kappa shape index (κ2) is 6.51. The van der Waals surface area contributed by atoms with Gasteiger partial charge in [0.1, 0.15) is 5.69 Å². The first-order valence-electron chi connectivity index (χ1n) is 6.13. The number of methoxy groups -OCH3 is 1. The minimum Gasteiger partial charge on any atom is -0.476 e. The summed E-state index contributed by atoms with van der Waals surface area (Å²) in [5.41, 5.74) is 0.953. The zero-order chi connectivity index (χ0) is 15.2. The predicted molar refractivity (Wildman–Crippen MR) is 73.3 cm³/mol. The van der Waals surface area contributed by atoms with Gasteiger partial charge >= 0.3 is 11.9 Å². The summed E-state index contributed by atoms with van der Waals surface area (Å²) in [6.07, 6.45) is 4.42. The molecule has 2 aromatic rings. The number of nitrogens with zero attached hydrogens (tertiary/aromatic N) is 3. The number of rotatable bonds is 6. The molecule has 0 amide bonds. The van der Waals surface area contributed by atoms with E-state index >= 15 is 0 Å². The highest BCUT2D eigenvalue weighted by Gasteiger charge is 2.08. The fraction of sp³-hybridized carbons (Fsp3) is 0.231. The topological polar surface area (TPSA) is 106 Å². The van der Waals surface area contributed by atoms with Crippen molar-refractivity contribution < 1.29 is 19.4 Å². The van der Waals surface area contributed by atoms with Crippen molar-refractivity contribution in [2.45, 2.75) is 6.54 Å². The summed E-state index contributed by atoms with van der Waals surface area (Å²) in [6.45, 7) is 1.08. The lowest BCUT2D eigenvalue weighted by molar-refractivity contribution is 0.0593. The Morgan fingerprint density at radius 2 is 2.19 bits per heavy atom. The number of ether oxygens (including phenoxy) is 1. The van der Waals surface area contributed by atoms with Gasteiger partial charge in [0, 0.05) is 31.2 Å². The average molecular weight is 290 g/mol. The second-order valence-electron chi connectivity index (χ2n) is 4.15. The van der Waals surface area contributed by atoms with Crippen molar-refractivity contribution in [3.05, 3.63) is 42.2 Å². The van der Waals surface area contributed by atoms with Crippen LogP contribution in [0.15, 0.2) is 30.9 Å². The Morgan fingerprint density at radius 1 is 1.38 bits per heavy atom. The van der Waals surface area contributed by atoms with Gasteiger partial charge in [-0.2, -0.15) is 0 Å². The Morgan fingerprint density at radius 3 is 2.86 bits per heavy atom. The lowest BCUT2D eigenvalue weighted by atomic mass is 10.3. The van der Waals surface area contributed by atoms with Crippen molar-refractivity contribution in [2.24, 2.45) is 0 Å². The minimum atomic E-state index is -1.06. The molecule has 0 aliphatic carbocycles. The number of carboxylic acid groups (broad SMARTS) is 1. The van der Waals surface area contributed by atoms with Crippen LogP contribution < -0.4 is 5.32 Å². The van der Waals surface area contributed by atoms with E-state index in [0.717, 1.165) is 5.69 Å². The number of carbonyl (C=O) groups is 2. The number of hydrogen-bond donors (Lipinski definition) is 2. The van der Waals surface area contributed by atoms with Crippen molar-refractivity contribution in [1.29, 1.82) is 0 Å². The first-order chi connectivity index (χ1) is 10.1. The summed E-state index contributed by atoms with van der Waals surface area (Å²) in [5.74, 6) is -1.56. The van der Waals surface area contributed by atoms with Gasteiger partial charge in [-0.3, -0.25) is 0 Å². The zero-order valence-electron chi connectivity index (χ0n) is 11.3. The molecule has 0 fully saturated rings. The lowest BCUT2D eigenvalue weighted by Gasteiger charge is -2.07. The number of pyridine rings is 1. The number of carboxylic acids is 1. The van der Waals surface area contributed by atoms with Crippen LogP contribution in [-0.4, -0.2) is 45.2 Å². The maximum Gasteiger partial charge on any atom is 0.356 e. The maximum absolute atomic E-state index is 11.3. The Hall–Kier alpha value is -2.90. The highest BCUT2D eigenvalue weighted by atomic mass is 16.5. The highest BCUT2D eigenvalue weighted by molar-refractivity contribution is 5.88. The molecule has 2 rings (SSSR count). The van der Waals surface area contributed by atoms with Crippen LogP contribution in [0, 0.1) is 0 Å². The summed E-state index contributed by atoms with van der Waals surface area (Å²) in [7, 11) is 1.29. The molecule has 0 saturated heterocycles. The van der Waals surface area contributed by atoms with E-state index in [4.69, 9.17) is 5.11 Å². The molecule has 0 saturated carbocycles. The van der Waals surface area contributed by atoms with E-state index < -0.39 is 11.9 Å². The largest absolute Gasteiger partial charge is 0.476 e. The standard InChI is InChI=1S/C13H14N4O4/c1-21-13(20)10-6-9(2-3-15-10)14-4-5-17-7-11(12(18)19)16-8-17/h2-3,6-8H,4-5H2,1H3,(H,14,15)(H,18,19). The third kappa shape index (κ3) is 3.78. The number of anilines is 1. The Balaban J connectivity index is 1.91. The minimum absolute atomic E-state index is 0.00638. The number of nitrogens with one attached hydrogen (secondary N) is 1.